The van der Waals surface area contributed by atoms with Crippen LogP contribution in [0, 0.1) is 0 Å². The summed E-state index contributed by atoms with van der Waals surface area (Å²) in [6.07, 6.45) is 0. The summed E-state index contributed by atoms with van der Waals surface area (Å²) < 4.78 is 24.3. The first kappa shape index (κ1) is 25.2. The zero-order valence-electron chi connectivity index (χ0n) is 18.1. The highest BCUT2D eigenvalue weighted by Crippen LogP contribution is 2.20. The number of rotatable bonds is 12. The zero-order valence-corrected chi connectivity index (χ0v) is 22.1. The van der Waals surface area contributed by atoms with E-state index >= 15 is 0 Å². The van der Waals surface area contributed by atoms with Crippen molar-refractivity contribution >= 4 is 33.5 Å². The maximum atomic E-state index is 6.63. The largest absolute Gasteiger partial charge is 0.528 e. The molecule has 0 amide bonds. The van der Waals surface area contributed by atoms with Gasteiger partial charge in [-0.3, -0.25) is 0 Å². The SMILES string of the molecule is CCO[Si](/C=C/[Si](C)(C)O[Si](C)(C)/C=C/[Si](C)(C)C)(OCC)OCC. The van der Waals surface area contributed by atoms with E-state index in [0.29, 0.717) is 19.8 Å². The van der Waals surface area contributed by atoms with Crippen LogP contribution in [0.25, 0.3) is 0 Å². The molecule has 4 nitrogen and oxygen atoms in total. The smallest absolute Gasteiger partial charge is 0.449 e. The average Bonchev–Trinajstić information content (AvgIpc) is 2.43. The molecular weight excluding hydrogens is 381 g/mol. The van der Waals surface area contributed by atoms with Crippen LogP contribution in [0.2, 0.25) is 45.8 Å². The minimum absolute atomic E-state index is 0.582. The molecule has 0 aliphatic heterocycles. The maximum Gasteiger partial charge on any atom is 0.528 e. The summed E-state index contributed by atoms with van der Waals surface area (Å²) in [6, 6.07) is 0. The van der Waals surface area contributed by atoms with Crippen molar-refractivity contribution in [2.45, 2.75) is 66.6 Å². The molecule has 0 aliphatic carbocycles. The van der Waals surface area contributed by atoms with Crippen molar-refractivity contribution in [3.63, 3.8) is 0 Å². The molecule has 25 heavy (non-hydrogen) atoms. The first-order valence-electron chi connectivity index (χ1n) is 9.33. The third-order valence-corrected chi connectivity index (χ3v) is 13.9. The Labute approximate surface area is 160 Å². The van der Waals surface area contributed by atoms with Crippen LogP contribution in [0.5, 0.6) is 0 Å². The van der Waals surface area contributed by atoms with Gasteiger partial charge in [0.2, 0.25) is 0 Å². The molecule has 0 rings (SSSR count). The van der Waals surface area contributed by atoms with Crippen molar-refractivity contribution in [1.82, 2.24) is 0 Å². The second-order valence-electron chi connectivity index (χ2n) is 8.24. The van der Waals surface area contributed by atoms with Gasteiger partial charge in [0.1, 0.15) is 0 Å². The predicted octanol–water partition coefficient (Wildman–Crippen LogP) is 5.07. The summed E-state index contributed by atoms with van der Waals surface area (Å²) in [5, 5.41) is 0. The standard InChI is InChI=1S/C17H40O4Si4/c1-11-18-25(19-12-2,20-13-3)17-16-24(9,10)21-23(7,8)15-14-22(4,5)6/h14-17H,11-13H2,1-10H3/b15-14+,17-16+. The third-order valence-electron chi connectivity index (χ3n) is 3.24. The molecule has 0 aliphatic rings. The minimum atomic E-state index is -2.75. The average molecular weight is 421 g/mol. The van der Waals surface area contributed by atoms with Crippen LogP contribution in [0.3, 0.4) is 0 Å². The van der Waals surface area contributed by atoms with Crippen LogP contribution >= 0.6 is 0 Å². The van der Waals surface area contributed by atoms with Crippen molar-refractivity contribution in [3.05, 3.63) is 22.8 Å². The van der Waals surface area contributed by atoms with E-state index in [-0.39, 0.29) is 0 Å². The van der Waals surface area contributed by atoms with Gasteiger partial charge in [-0.05, 0) is 52.7 Å². The summed E-state index contributed by atoms with van der Waals surface area (Å²) >= 11 is 0. The van der Waals surface area contributed by atoms with Gasteiger partial charge in [-0.1, -0.05) is 31.0 Å². The van der Waals surface area contributed by atoms with Gasteiger partial charge < -0.3 is 17.4 Å². The van der Waals surface area contributed by atoms with E-state index in [1.165, 1.54) is 0 Å². The minimum Gasteiger partial charge on any atom is -0.449 e. The molecule has 8 heteroatoms. The van der Waals surface area contributed by atoms with Gasteiger partial charge in [0.05, 0.1) is 8.07 Å². The molecule has 0 heterocycles. The first-order valence-corrected chi connectivity index (χ1v) is 20.7. The summed E-state index contributed by atoms with van der Waals surface area (Å²) in [4.78, 5) is 0. The van der Waals surface area contributed by atoms with Gasteiger partial charge in [0, 0.05) is 19.8 Å². The Morgan fingerprint density at radius 3 is 1.24 bits per heavy atom. The molecule has 0 fully saturated rings. The Hall–Kier alpha value is 0.188. The number of hydrogen-bond acceptors (Lipinski definition) is 4. The van der Waals surface area contributed by atoms with E-state index < -0.39 is 33.5 Å². The predicted molar refractivity (Wildman–Crippen MR) is 118 cm³/mol. The van der Waals surface area contributed by atoms with E-state index in [0.717, 1.165) is 0 Å². The fourth-order valence-corrected chi connectivity index (χ4v) is 16.1. The second-order valence-corrected chi connectivity index (χ2v) is 23.6. The van der Waals surface area contributed by atoms with Crippen LogP contribution in [0.4, 0.5) is 0 Å². The van der Waals surface area contributed by atoms with Crippen LogP contribution < -0.4 is 0 Å². The fourth-order valence-electron chi connectivity index (χ4n) is 2.37. The van der Waals surface area contributed by atoms with Crippen molar-refractivity contribution in [2.75, 3.05) is 19.8 Å². The van der Waals surface area contributed by atoms with Crippen LogP contribution in [0.15, 0.2) is 22.8 Å². The molecular formula is C17H40O4Si4. The van der Waals surface area contributed by atoms with Gasteiger partial charge in [-0.25, -0.2) is 0 Å². The van der Waals surface area contributed by atoms with Gasteiger partial charge in [-0.2, -0.15) is 0 Å². The topological polar surface area (TPSA) is 36.9 Å². The highest BCUT2D eigenvalue weighted by atomic mass is 28.4. The fraction of sp³-hybridized carbons (Fsp3) is 0.765. The quantitative estimate of drug-likeness (QED) is 0.413. The molecule has 0 spiro atoms. The van der Waals surface area contributed by atoms with Crippen molar-refractivity contribution < 1.29 is 17.4 Å². The molecule has 0 radical (unpaired) electrons. The Balaban J connectivity index is 5.28. The molecule has 0 bridgehead atoms. The maximum absolute atomic E-state index is 6.63. The molecule has 0 aromatic heterocycles. The molecule has 0 saturated heterocycles. The zero-order chi connectivity index (χ0) is 19.8. The van der Waals surface area contributed by atoms with Gasteiger partial charge in [0.15, 0.2) is 16.6 Å². The van der Waals surface area contributed by atoms with Crippen LogP contribution in [-0.4, -0.2) is 53.3 Å². The van der Waals surface area contributed by atoms with Crippen molar-refractivity contribution in [2.24, 2.45) is 0 Å². The first-order chi connectivity index (χ1) is 11.3. The van der Waals surface area contributed by atoms with Gasteiger partial charge >= 0.3 is 8.80 Å². The summed E-state index contributed by atoms with van der Waals surface area (Å²) in [7, 11) is -7.79. The Morgan fingerprint density at radius 1 is 0.560 bits per heavy atom. The van der Waals surface area contributed by atoms with Crippen molar-refractivity contribution in [3.8, 4) is 0 Å². The van der Waals surface area contributed by atoms with E-state index in [1.807, 2.05) is 26.5 Å². The number of hydrogen-bond donors (Lipinski definition) is 0. The third kappa shape index (κ3) is 11.5. The molecule has 0 aromatic carbocycles. The molecule has 0 atom stereocenters. The lowest BCUT2D eigenvalue weighted by atomic mass is 10.9. The molecule has 148 valence electrons. The normalized spacial score (nSPS) is 14.8. The van der Waals surface area contributed by atoms with Crippen molar-refractivity contribution in [1.29, 1.82) is 0 Å². The van der Waals surface area contributed by atoms with E-state index in [1.54, 1.807) is 0 Å². The van der Waals surface area contributed by atoms with E-state index in [2.05, 4.69) is 62.9 Å². The highest BCUT2D eigenvalue weighted by molar-refractivity contribution is 6.91. The lowest BCUT2D eigenvalue weighted by Crippen LogP contribution is -2.47. The van der Waals surface area contributed by atoms with E-state index in [4.69, 9.17) is 17.4 Å². The highest BCUT2D eigenvalue weighted by Gasteiger charge is 2.39. The molecule has 0 aromatic rings. The summed E-state index contributed by atoms with van der Waals surface area (Å²) in [5.41, 5.74) is 9.01. The molecule has 0 unspecified atom stereocenters. The van der Waals surface area contributed by atoms with Crippen LogP contribution in [-0.2, 0) is 17.4 Å². The van der Waals surface area contributed by atoms with E-state index in [9.17, 15) is 0 Å². The monoisotopic (exact) mass is 420 g/mol. The van der Waals surface area contributed by atoms with Gasteiger partial charge in [-0.15, -0.1) is 5.70 Å². The Bertz CT molecular complexity index is 425. The molecule has 0 saturated carbocycles. The van der Waals surface area contributed by atoms with Crippen LogP contribution in [0.1, 0.15) is 20.8 Å². The summed E-state index contributed by atoms with van der Waals surface area (Å²) in [6.45, 7) is 23.7. The lowest BCUT2D eigenvalue weighted by molar-refractivity contribution is 0.0843. The Morgan fingerprint density at radius 2 is 0.920 bits per heavy atom. The second kappa shape index (κ2) is 10.5. The summed E-state index contributed by atoms with van der Waals surface area (Å²) in [5.74, 6) is 0. The van der Waals surface area contributed by atoms with Gasteiger partial charge in [0.25, 0.3) is 0 Å². The lowest BCUT2D eigenvalue weighted by Gasteiger charge is -2.32. The Kier molecular flexibility index (Phi) is 10.6. The molecule has 0 N–H and O–H groups in total.